The molecule has 0 fully saturated rings. The van der Waals surface area contributed by atoms with E-state index in [1.165, 1.54) is 0 Å². The van der Waals surface area contributed by atoms with Crippen LogP contribution in [0.25, 0.3) is 0 Å². The Morgan fingerprint density at radius 3 is 3.38 bits per heavy atom. The van der Waals surface area contributed by atoms with E-state index in [2.05, 4.69) is 9.76 Å². The normalized spacial score (nSPS) is 11.4. The fourth-order valence-corrected chi connectivity index (χ4v) is 0.383. The minimum Gasteiger partial charge on any atom is -0.380 e. The molecule has 0 aromatic rings. The highest BCUT2D eigenvalue weighted by Crippen LogP contribution is 1.72. The van der Waals surface area contributed by atoms with Gasteiger partial charge >= 0.3 is 0 Å². The van der Waals surface area contributed by atoms with Gasteiger partial charge in [-0.15, -0.1) is 0 Å². The molecular weight excluding hydrogens is 126 g/mol. The Kier molecular flexibility index (Phi) is 5.74. The molecule has 0 atom stereocenters. The van der Waals surface area contributed by atoms with Crippen molar-refractivity contribution in [3.8, 4) is 0 Å². The first-order valence-corrected chi connectivity index (χ1v) is 2.84. The average Bonchev–Trinajstić information content (AvgIpc) is 1.89. The first-order valence-electron chi connectivity index (χ1n) is 2.92. The Hall–Kier alpha value is 0.230. The van der Waals surface area contributed by atoms with Gasteiger partial charge in [-0.05, 0) is 19.7 Å². The van der Waals surface area contributed by atoms with Crippen molar-refractivity contribution in [2.24, 2.45) is 0 Å². The maximum Gasteiger partial charge on any atom is 0.137 e. The van der Waals surface area contributed by atoms with Crippen molar-refractivity contribution < 1.29 is 9.02 Å². The molecule has 0 heterocycles. The number of thiol groups is 1. The number of ether oxygens (including phenoxy) is 1. The van der Waals surface area contributed by atoms with Crippen LogP contribution in [0, 0.1) is 0 Å². The fraction of sp³-hybridized carbons (Fsp3) is 1.00. The second-order valence-corrected chi connectivity index (χ2v) is 1.34. The van der Waals surface area contributed by atoms with E-state index >= 15 is 0 Å². The van der Waals surface area contributed by atoms with Crippen LogP contribution in [0.3, 0.4) is 0 Å². The number of rotatable bonds is 6. The largest absolute Gasteiger partial charge is 0.380 e. The highest BCUT2D eigenvalue weighted by Gasteiger charge is 1.81. The molecule has 3 nitrogen and oxygen atoms in total. The van der Waals surface area contributed by atoms with Gasteiger partial charge in [0, 0.05) is 13.2 Å². The predicted octanol–water partition coefficient (Wildman–Crippen LogP) is 0.389. The number of nitrogens with one attached hydrogen (secondary N) is 1. The zero-order valence-corrected chi connectivity index (χ0v) is 5.66. The van der Waals surface area contributed by atoms with Gasteiger partial charge in [-0.2, -0.15) is 5.48 Å². The van der Waals surface area contributed by atoms with Gasteiger partial charge in [0.25, 0.3) is 0 Å². The van der Waals surface area contributed by atoms with E-state index in [0.717, 1.165) is 6.61 Å². The quantitative estimate of drug-likeness (QED) is 0.241. The number of hydrogen-bond donors (Lipinski definition) is 2. The van der Waals surface area contributed by atoms with Crippen LogP contribution in [0.1, 0.15) is 6.92 Å². The lowest BCUT2D eigenvalue weighted by Crippen LogP contribution is -2.15. The van der Waals surface area contributed by atoms with Gasteiger partial charge in [0.15, 0.2) is 0 Å². The summed E-state index contributed by atoms with van der Waals surface area (Å²) in [4.78, 5) is 0. The van der Waals surface area contributed by atoms with Gasteiger partial charge in [0.05, 0.1) is 6.61 Å². The zero-order chi connectivity index (χ0) is 6.95. The van der Waals surface area contributed by atoms with Crippen LogP contribution in [-0.2, 0) is 9.02 Å². The van der Waals surface area contributed by atoms with Gasteiger partial charge in [-0.25, -0.2) is 4.28 Å². The van der Waals surface area contributed by atoms with Gasteiger partial charge in [-0.1, -0.05) is 0 Å². The van der Waals surface area contributed by atoms with Gasteiger partial charge in [0.2, 0.25) is 0 Å². The average molecular weight is 139 g/mol. The van der Waals surface area contributed by atoms with Crippen LogP contribution in [-0.4, -0.2) is 20.9 Å². The van der Waals surface area contributed by atoms with Crippen LogP contribution in [0.4, 0.5) is 0 Å². The molecular formula is C4H11NO2S. The van der Waals surface area contributed by atoms with Crippen LogP contribution in [0.5, 0.6) is 0 Å². The molecule has 0 spiro atoms. The lowest BCUT2D eigenvalue weighted by Gasteiger charge is -1.98. The maximum atomic E-state index is 6.47. The highest BCUT2D eigenvalue weighted by molar-refractivity contribution is 7.75. The monoisotopic (exact) mass is 139 g/mol. The van der Waals surface area contributed by atoms with Gasteiger partial charge in [-0.3, -0.25) is 0 Å². The summed E-state index contributed by atoms with van der Waals surface area (Å²) in [6.07, 6.45) is 0. The summed E-state index contributed by atoms with van der Waals surface area (Å²) in [6.45, 7) is 3.90. The lowest BCUT2D eigenvalue weighted by atomic mass is 10.7. The summed E-state index contributed by atoms with van der Waals surface area (Å²) in [5, 5.41) is 0. The Morgan fingerprint density at radius 1 is 1.88 bits per heavy atom. The molecule has 0 aliphatic rings. The molecule has 8 heavy (non-hydrogen) atoms. The second-order valence-electron chi connectivity index (χ2n) is 1.17. The summed E-state index contributed by atoms with van der Waals surface area (Å²) in [5.74, 6) is 0. The van der Waals surface area contributed by atoms with E-state index < -0.39 is 0 Å². The first kappa shape index (κ1) is 6.35. The fourth-order valence-electron chi connectivity index (χ4n) is 0.300. The third kappa shape index (κ3) is 6.23. The molecule has 1 N–H and O–H groups in total. The molecule has 50 valence electrons. The smallest absolute Gasteiger partial charge is 0.137 e. The van der Waals surface area contributed by atoms with Crippen molar-refractivity contribution in [2.75, 3.05) is 19.8 Å². The van der Waals surface area contributed by atoms with Crippen molar-refractivity contribution >= 4 is 12.8 Å². The Morgan fingerprint density at radius 2 is 2.75 bits per heavy atom. The number of hydrogen-bond acceptors (Lipinski definition) is 4. The summed E-state index contributed by atoms with van der Waals surface area (Å²) in [7, 11) is 0. The van der Waals surface area contributed by atoms with Crippen LogP contribution >= 0.6 is 12.8 Å². The topological polar surface area (TPSA) is 30.5 Å². The molecule has 0 saturated carbocycles. The molecule has 0 saturated heterocycles. The van der Waals surface area contributed by atoms with Crippen LogP contribution < -0.4 is 5.48 Å². The second kappa shape index (κ2) is 7.23. The molecule has 0 aromatic heterocycles. The molecule has 4 heteroatoms. The van der Waals surface area contributed by atoms with E-state index in [0.29, 0.717) is 26.0 Å². The van der Waals surface area contributed by atoms with E-state index in [9.17, 15) is 0 Å². The lowest BCUT2D eigenvalue weighted by molar-refractivity contribution is 0.120. The van der Waals surface area contributed by atoms with Crippen LogP contribution in [0.15, 0.2) is 0 Å². The van der Waals surface area contributed by atoms with Crippen molar-refractivity contribution in [3.05, 3.63) is 0 Å². The predicted molar refractivity (Wildman–Crippen MR) is 34.6 cm³/mol. The van der Waals surface area contributed by atoms with Crippen molar-refractivity contribution in [2.45, 2.75) is 6.92 Å². The third-order valence-electron chi connectivity index (χ3n) is 0.612. The number of hydroxylamine groups is 1. The zero-order valence-electron chi connectivity index (χ0n) is 5.85. The summed E-state index contributed by atoms with van der Waals surface area (Å²) >= 11 is 0.543. The standard InChI is InChI=1S/C4H11NO2S/c1-2-6-4-3-5-7-8/h5,8H,2-4H2,1H3/i/hT. The first-order chi connectivity index (χ1) is 4.41. The molecule has 0 aromatic carbocycles. The Balaban J connectivity index is 2.60. The molecule has 0 bridgehead atoms. The molecule has 0 aliphatic heterocycles. The molecule has 0 rings (SSSR count). The Bertz CT molecular complexity index is 51.8. The SMILES string of the molecule is [3H]SONCCOCC. The van der Waals surface area contributed by atoms with Crippen molar-refractivity contribution in [1.82, 2.24) is 5.48 Å². The summed E-state index contributed by atoms with van der Waals surface area (Å²) in [5.41, 5.74) is 2.52. The van der Waals surface area contributed by atoms with E-state index in [-0.39, 0.29) is 0 Å². The Labute approximate surface area is 56.0 Å². The van der Waals surface area contributed by atoms with Crippen molar-refractivity contribution in [3.63, 3.8) is 0 Å². The maximum absolute atomic E-state index is 6.47. The van der Waals surface area contributed by atoms with Gasteiger partial charge < -0.3 is 4.74 Å². The molecule has 0 amide bonds. The van der Waals surface area contributed by atoms with Crippen molar-refractivity contribution in [1.29, 1.82) is 1.12 Å². The van der Waals surface area contributed by atoms with E-state index in [1.807, 2.05) is 6.92 Å². The minimum atomic E-state index is 0.543. The molecule has 0 unspecified atom stereocenters. The summed E-state index contributed by atoms with van der Waals surface area (Å²) < 4.78 is 15.9. The third-order valence-corrected chi connectivity index (χ3v) is 0.729. The van der Waals surface area contributed by atoms with Gasteiger partial charge in [0.1, 0.15) is 1.12 Å². The molecule has 0 radical (unpaired) electrons. The van der Waals surface area contributed by atoms with Crippen LogP contribution in [0.2, 0.25) is 0 Å². The highest BCUT2D eigenvalue weighted by atomic mass is 32.1. The van der Waals surface area contributed by atoms with E-state index in [4.69, 9.17) is 5.86 Å². The van der Waals surface area contributed by atoms with E-state index in [1.54, 1.807) is 0 Å². The minimum absolute atomic E-state index is 0.543. The summed E-state index contributed by atoms with van der Waals surface area (Å²) in [6, 6.07) is 0. The molecule has 0 aliphatic carbocycles.